The number of hydrogen-bond donors (Lipinski definition) is 1. The molecule has 0 aliphatic rings. The average Bonchev–Trinajstić information content (AvgIpc) is 2.28. The number of methoxy groups -OCH3 is 1. The van der Waals surface area contributed by atoms with Crippen LogP contribution in [-0.2, 0) is 14.8 Å². The first-order chi connectivity index (χ1) is 7.56. The third kappa shape index (κ3) is 4.17. The van der Waals surface area contributed by atoms with E-state index in [4.69, 9.17) is 4.74 Å². The van der Waals surface area contributed by atoms with Gasteiger partial charge in [-0.25, -0.2) is 13.1 Å². The van der Waals surface area contributed by atoms with Crippen LogP contribution in [0, 0.1) is 0 Å². The van der Waals surface area contributed by atoms with Crippen LogP contribution in [0.4, 0.5) is 0 Å². The van der Waals surface area contributed by atoms with Gasteiger partial charge in [-0.1, -0.05) is 15.9 Å². The second-order valence-corrected chi connectivity index (χ2v) is 6.16. The Morgan fingerprint density at radius 3 is 2.94 bits per heavy atom. The van der Waals surface area contributed by atoms with E-state index in [-0.39, 0.29) is 16.3 Å². The van der Waals surface area contributed by atoms with Crippen molar-refractivity contribution in [1.82, 2.24) is 9.71 Å². The maximum atomic E-state index is 11.7. The number of nitrogens with zero attached hydrogens (tertiary/aromatic N) is 1. The molecule has 0 bridgehead atoms. The highest BCUT2D eigenvalue weighted by atomic mass is 79.9. The molecule has 5 nitrogen and oxygen atoms in total. The molecule has 1 unspecified atom stereocenters. The van der Waals surface area contributed by atoms with Crippen LogP contribution in [0.15, 0.2) is 29.4 Å². The summed E-state index contributed by atoms with van der Waals surface area (Å²) in [4.78, 5) is 3.87. The zero-order valence-electron chi connectivity index (χ0n) is 8.76. The molecule has 0 aromatic carbocycles. The maximum absolute atomic E-state index is 11.7. The number of hydrogen-bond acceptors (Lipinski definition) is 4. The first kappa shape index (κ1) is 13.6. The summed E-state index contributed by atoms with van der Waals surface area (Å²) >= 11 is 3.30. The molecule has 0 saturated heterocycles. The molecule has 7 heteroatoms. The normalized spacial score (nSPS) is 13.6. The minimum atomic E-state index is -3.47. The molecule has 16 heavy (non-hydrogen) atoms. The zero-order valence-corrected chi connectivity index (χ0v) is 11.2. The Morgan fingerprint density at radius 1 is 1.62 bits per heavy atom. The van der Waals surface area contributed by atoms with Gasteiger partial charge in [0, 0.05) is 26.0 Å². The molecule has 0 fully saturated rings. The highest BCUT2D eigenvalue weighted by molar-refractivity contribution is 9.09. The van der Waals surface area contributed by atoms with E-state index in [0.29, 0.717) is 6.61 Å². The van der Waals surface area contributed by atoms with E-state index in [1.807, 2.05) is 0 Å². The van der Waals surface area contributed by atoms with Gasteiger partial charge in [-0.3, -0.25) is 4.98 Å². The largest absolute Gasteiger partial charge is 0.383 e. The summed E-state index contributed by atoms with van der Waals surface area (Å²) < 4.78 is 30.8. The zero-order chi connectivity index (χ0) is 12.0. The van der Waals surface area contributed by atoms with Crippen LogP contribution in [0.5, 0.6) is 0 Å². The number of sulfonamides is 1. The Hall–Kier alpha value is -0.500. The predicted octanol–water partition coefficient (Wildman–Crippen LogP) is 0.770. The van der Waals surface area contributed by atoms with Gasteiger partial charge in [-0.15, -0.1) is 0 Å². The lowest BCUT2D eigenvalue weighted by Crippen LogP contribution is -2.31. The fourth-order valence-corrected chi connectivity index (χ4v) is 2.71. The molecule has 0 aliphatic carbocycles. The predicted molar refractivity (Wildman–Crippen MR) is 64.0 cm³/mol. The van der Waals surface area contributed by atoms with E-state index in [1.165, 1.54) is 18.5 Å². The summed E-state index contributed by atoms with van der Waals surface area (Å²) in [5.41, 5.74) is 0. The van der Waals surface area contributed by atoms with E-state index in [0.717, 1.165) is 0 Å². The Bertz CT molecular complexity index is 410. The summed E-state index contributed by atoms with van der Waals surface area (Å²) in [7, 11) is -1.91. The Kier molecular flexibility index (Phi) is 5.33. The van der Waals surface area contributed by atoms with Gasteiger partial charge < -0.3 is 4.74 Å². The summed E-state index contributed by atoms with van der Waals surface area (Å²) in [5, 5.41) is 0. The van der Waals surface area contributed by atoms with Crippen molar-refractivity contribution in [2.75, 3.05) is 20.3 Å². The molecule has 1 rings (SSSR count). The number of nitrogens with one attached hydrogen (secondary N) is 1. The van der Waals surface area contributed by atoms with E-state index in [2.05, 4.69) is 25.6 Å². The molecule has 0 spiro atoms. The maximum Gasteiger partial charge on any atom is 0.242 e. The van der Waals surface area contributed by atoms with E-state index < -0.39 is 10.0 Å². The van der Waals surface area contributed by atoms with E-state index >= 15 is 0 Å². The van der Waals surface area contributed by atoms with Crippen LogP contribution >= 0.6 is 15.9 Å². The molecule has 0 saturated carbocycles. The van der Waals surface area contributed by atoms with Gasteiger partial charge in [0.2, 0.25) is 10.0 Å². The quantitative estimate of drug-likeness (QED) is 0.788. The smallest absolute Gasteiger partial charge is 0.242 e. The lowest BCUT2D eigenvalue weighted by Gasteiger charge is -2.10. The van der Waals surface area contributed by atoms with Crippen molar-refractivity contribution in [2.24, 2.45) is 0 Å². The Balaban J connectivity index is 2.60. The van der Waals surface area contributed by atoms with Crippen LogP contribution in [0.25, 0.3) is 0 Å². The minimum absolute atomic E-state index is 0.0519. The van der Waals surface area contributed by atoms with Crippen molar-refractivity contribution in [3.8, 4) is 0 Å². The summed E-state index contributed by atoms with van der Waals surface area (Å²) in [6.07, 6.45) is 2.83. The van der Waals surface area contributed by atoms with Gasteiger partial charge >= 0.3 is 0 Å². The van der Waals surface area contributed by atoms with Crippen molar-refractivity contribution >= 4 is 26.0 Å². The molecule has 1 aromatic rings. The molecule has 1 aromatic heterocycles. The molecule has 90 valence electrons. The fraction of sp³-hybridized carbons (Fsp3) is 0.444. The lowest BCUT2D eigenvalue weighted by molar-refractivity contribution is 0.201. The van der Waals surface area contributed by atoms with Crippen molar-refractivity contribution < 1.29 is 13.2 Å². The molecule has 0 aliphatic heterocycles. The fourth-order valence-electron chi connectivity index (χ4n) is 1.03. The minimum Gasteiger partial charge on any atom is -0.383 e. The number of alkyl halides is 1. The summed E-state index contributed by atoms with van der Waals surface area (Å²) in [6.45, 7) is 0.709. The van der Waals surface area contributed by atoms with Crippen molar-refractivity contribution in [3.05, 3.63) is 24.5 Å². The molecule has 1 atom stereocenters. The standard InChI is InChI=1S/C9H13BrN2O3S/c1-15-7-8(10)5-12-16(13,14)9-3-2-4-11-6-9/h2-4,6,8,12H,5,7H2,1H3. The number of aromatic nitrogens is 1. The van der Waals surface area contributed by atoms with E-state index in [1.54, 1.807) is 13.2 Å². The van der Waals surface area contributed by atoms with Crippen molar-refractivity contribution in [3.63, 3.8) is 0 Å². The van der Waals surface area contributed by atoms with Crippen LogP contribution in [0.3, 0.4) is 0 Å². The highest BCUT2D eigenvalue weighted by Crippen LogP contribution is 2.06. The highest BCUT2D eigenvalue weighted by Gasteiger charge is 2.15. The Labute approximate surface area is 103 Å². The van der Waals surface area contributed by atoms with Gasteiger partial charge in [0.25, 0.3) is 0 Å². The Morgan fingerprint density at radius 2 is 2.38 bits per heavy atom. The summed E-state index contributed by atoms with van der Waals surface area (Å²) in [5.74, 6) is 0. The molecular weight excluding hydrogens is 296 g/mol. The van der Waals surface area contributed by atoms with Gasteiger partial charge in [0.05, 0.1) is 11.4 Å². The van der Waals surface area contributed by atoms with Gasteiger partial charge in [-0.2, -0.15) is 0 Å². The second kappa shape index (κ2) is 6.29. The molecular formula is C9H13BrN2O3S. The van der Waals surface area contributed by atoms with Crippen LogP contribution < -0.4 is 4.72 Å². The third-order valence-corrected chi connectivity index (χ3v) is 3.78. The van der Waals surface area contributed by atoms with Crippen LogP contribution in [0.1, 0.15) is 0 Å². The first-order valence-electron chi connectivity index (χ1n) is 4.59. The SMILES string of the molecule is COCC(Br)CNS(=O)(=O)c1cccnc1. The molecule has 1 heterocycles. The monoisotopic (exact) mass is 308 g/mol. The van der Waals surface area contributed by atoms with Gasteiger partial charge in [0.15, 0.2) is 0 Å². The van der Waals surface area contributed by atoms with Crippen molar-refractivity contribution in [1.29, 1.82) is 0 Å². The van der Waals surface area contributed by atoms with E-state index in [9.17, 15) is 8.42 Å². The lowest BCUT2D eigenvalue weighted by atomic mass is 10.5. The molecule has 0 radical (unpaired) electrons. The number of rotatable bonds is 6. The molecule has 0 amide bonds. The molecule has 1 N–H and O–H groups in total. The third-order valence-electron chi connectivity index (χ3n) is 1.79. The number of halogens is 1. The first-order valence-corrected chi connectivity index (χ1v) is 6.99. The van der Waals surface area contributed by atoms with Gasteiger partial charge in [-0.05, 0) is 12.1 Å². The van der Waals surface area contributed by atoms with Crippen LogP contribution in [-0.4, -0.2) is 38.5 Å². The average molecular weight is 309 g/mol. The number of ether oxygens (including phenoxy) is 1. The van der Waals surface area contributed by atoms with Gasteiger partial charge in [0.1, 0.15) is 4.90 Å². The summed E-state index contributed by atoms with van der Waals surface area (Å²) in [6, 6.07) is 3.07. The topological polar surface area (TPSA) is 68.3 Å². The van der Waals surface area contributed by atoms with Crippen LogP contribution in [0.2, 0.25) is 0 Å². The number of pyridine rings is 1. The van der Waals surface area contributed by atoms with Crippen molar-refractivity contribution in [2.45, 2.75) is 9.72 Å². The second-order valence-electron chi connectivity index (χ2n) is 3.09.